The van der Waals surface area contributed by atoms with E-state index in [9.17, 15) is 0 Å². The van der Waals surface area contributed by atoms with Crippen molar-refractivity contribution in [1.82, 2.24) is 0 Å². The van der Waals surface area contributed by atoms with Crippen molar-refractivity contribution in [1.29, 1.82) is 5.41 Å². The molecule has 0 aliphatic rings. The maximum absolute atomic E-state index is 7.36. The molecule has 1 rings (SSSR count). The number of ether oxygens (including phenoxy) is 1. The molecule has 0 saturated heterocycles. The third kappa shape index (κ3) is 4.13. The van der Waals surface area contributed by atoms with Crippen LogP contribution in [0.15, 0.2) is 22.7 Å². The highest BCUT2D eigenvalue weighted by molar-refractivity contribution is 9.10. The Morgan fingerprint density at radius 3 is 2.56 bits per heavy atom. The van der Waals surface area contributed by atoms with Gasteiger partial charge in [0, 0.05) is 4.47 Å². The Morgan fingerprint density at radius 1 is 1.44 bits per heavy atom. The molecule has 0 spiro atoms. The molecule has 0 aliphatic heterocycles. The number of hydrogen-bond donors (Lipinski definition) is 1. The van der Waals surface area contributed by atoms with E-state index in [-0.39, 0.29) is 12.5 Å². The molecule has 0 atom stereocenters. The summed E-state index contributed by atoms with van der Waals surface area (Å²) in [6, 6.07) is 5.73. The van der Waals surface area contributed by atoms with Crippen molar-refractivity contribution in [2.24, 2.45) is 0 Å². The van der Waals surface area contributed by atoms with Gasteiger partial charge in [0.25, 0.3) is 3.79 Å². The summed E-state index contributed by atoms with van der Waals surface area (Å²) in [7, 11) is 0. The predicted molar refractivity (Wildman–Crippen MR) is 71.7 cm³/mol. The Bertz CT molecular complexity index is 404. The van der Waals surface area contributed by atoms with Crippen molar-refractivity contribution in [2.45, 2.75) is 17.3 Å². The minimum Gasteiger partial charge on any atom is -0.473 e. The largest absolute Gasteiger partial charge is 0.473 e. The number of alkyl halides is 3. The van der Waals surface area contributed by atoms with Crippen LogP contribution in [-0.4, -0.2) is 9.69 Å². The average Bonchev–Trinajstić information content (AvgIpc) is 2.18. The van der Waals surface area contributed by atoms with E-state index in [2.05, 4.69) is 15.9 Å². The second kappa shape index (κ2) is 5.58. The monoisotopic (exact) mass is 343 g/mol. The number of rotatable bonds is 2. The molecular weight excluding hydrogens is 336 g/mol. The summed E-state index contributed by atoms with van der Waals surface area (Å²) in [5.74, 6) is -0.377. The first-order valence-corrected chi connectivity index (χ1v) is 6.27. The SMILES string of the molecule is Cc1cc(COC(=N)C(Cl)(Cl)Cl)ccc1Br. The van der Waals surface area contributed by atoms with Crippen LogP contribution >= 0.6 is 50.7 Å². The lowest BCUT2D eigenvalue weighted by molar-refractivity contribution is 0.283. The topological polar surface area (TPSA) is 33.1 Å². The molecule has 0 saturated carbocycles. The molecule has 16 heavy (non-hydrogen) atoms. The van der Waals surface area contributed by atoms with Gasteiger partial charge in [-0.05, 0) is 24.1 Å². The van der Waals surface area contributed by atoms with Gasteiger partial charge in [0.15, 0.2) is 0 Å². The lowest BCUT2D eigenvalue weighted by Crippen LogP contribution is -2.20. The molecule has 88 valence electrons. The minimum atomic E-state index is -1.80. The number of hydrogen-bond acceptors (Lipinski definition) is 2. The van der Waals surface area contributed by atoms with Crippen molar-refractivity contribution in [3.05, 3.63) is 33.8 Å². The maximum Gasteiger partial charge on any atom is 0.265 e. The number of benzene rings is 1. The summed E-state index contributed by atoms with van der Waals surface area (Å²) in [5.41, 5.74) is 2.00. The van der Waals surface area contributed by atoms with Crippen LogP contribution in [0.4, 0.5) is 0 Å². The molecule has 0 aliphatic carbocycles. The number of aryl methyl sites for hydroxylation is 1. The minimum absolute atomic E-state index is 0.209. The van der Waals surface area contributed by atoms with Crippen LogP contribution in [-0.2, 0) is 11.3 Å². The van der Waals surface area contributed by atoms with Crippen molar-refractivity contribution < 1.29 is 4.74 Å². The summed E-state index contributed by atoms with van der Waals surface area (Å²) in [6.45, 7) is 2.18. The quantitative estimate of drug-likeness (QED) is 0.473. The molecule has 0 aromatic heterocycles. The summed E-state index contributed by atoms with van der Waals surface area (Å²) in [5, 5.41) is 7.36. The van der Waals surface area contributed by atoms with Crippen molar-refractivity contribution in [3.8, 4) is 0 Å². The second-order valence-corrected chi connectivity index (χ2v) is 6.33. The molecule has 1 aromatic carbocycles. The fourth-order valence-corrected chi connectivity index (χ4v) is 1.44. The molecule has 0 unspecified atom stereocenters. The van der Waals surface area contributed by atoms with E-state index < -0.39 is 3.79 Å². The molecule has 0 fully saturated rings. The van der Waals surface area contributed by atoms with E-state index in [1.54, 1.807) is 0 Å². The Kier molecular flexibility index (Phi) is 4.92. The van der Waals surface area contributed by atoms with E-state index in [4.69, 9.17) is 44.9 Å². The third-order valence-electron chi connectivity index (χ3n) is 1.86. The Balaban J connectivity index is 2.62. The van der Waals surface area contributed by atoms with Crippen LogP contribution < -0.4 is 0 Å². The van der Waals surface area contributed by atoms with Crippen LogP contribution in [0.25, 0.3) is 0 Å². The first kappa shape index (κ1) is 14.1. The summed E-state index contributed by atoms with van der Waals surface area (Å²) < 4.78 is 4.28. The first-order valence-electron chi connectivity index (χ1n) is 4.34. The smallest absolute Gasteiger partial charge is 0.265 e. The van der Waals surface area contributed by atoms with Gasteiger partial charge in [-0.2, -0.15) is 0 Å². The van der Waals surface area contributed by atoms with Crippen molar-refractivity contribution >= 4 is 56.6 Å². The zero-order valence-corrected chi connectivity index (χ0v) is 12.2. The van der Waals surface area contributed by atoms with Crippen LogP contribution in [0.2, 0.25) is 0 Å². The summed E-state index contributed by atoms with van der Waals surface area (Å²) >= 11 is 19.8. The second-order valence-electron chi connectivity index (χ2n) is 3.20. The predicted octanol–water partition coefficient (Wildman–Crippen LogP) is 4.62. The van der Waals surface area contributed by atoms with Crippen LogP contribution in [0.5, 0.6) is 0 Å². The Morgan fingerprint density at radius 2 is 2.06 bits per heavy atom. The molecular formula is C10H9BrCl3NO. The van der Waals surface area contributed by atoms with Crippen molar-refractivity contribution in [2.75, 3.05) is 0 Å². The van der Waals surface area contributed by atoms with Crippen LogP contribution in [0.1, 0.15) is 11.1 Å². The van der Waals surface area contributed by atoms with E-state index in [1.165, 1.54) is 0 Å². The molecule has 1 aromatic rings. The van der Waals surface area contributed by atoms with Gasteiger partial charge in [0.1, 0.15) is 6.61 Å². The zero-order valence-electron chi connectivity index (χ0n) is 8.36. The Labute approximate surface area is 117 Å². The van der Waals surface area contributed by atoms with Gasteiger partial charge >= 0.3 is 0 Å². The van der Waals surface area contributed by atoms with Crippen LogP contribution in [0, 0.1) is 12.3 Å². The maximum atomic E-state index is 7.36. The fraction of sp³-hybridized carbons (Fsp3) is 0.300. The van der Waals surface area contributed by atoms with Gasteiger partial charge in [-0.3, -0.25) is 5.41 Å². The highest BCUT2D eigenvalue weighted by Gasteiger charge is 2.28. The van der Waals surface area contributed by atoms with Crippen LogP contribution in [0.3, 0.4) is 0 Å². The van der Waals surface area contributed by atoms with E-state index in [0.717, 1.165) is 15.6 Å². The average molecular weight is 345 g/mol. The normalized spacial score (nSPS) is 11.3. The molecule has 2 nitrogen and oxygen atoms in total. The number of nitrogens with one attached hydrogen (secondary N) is 1. The molecule has 0 bridgehead atoms. The molecule has 0 amide bonds. The Hall–Kier alpha value is 0.0400. The van der Waals surface area contributed by atoms with Gasteiger partial charge in [-0.1, -0.05) is 62.9 Å². The highest BCUT2D eigenvalue weighted by atomic mass is 79.9. The highest BCUT2D eigenvalue weighted by Crippen LogP contribution is 2.28. The summed E-state index contributed by atoms with van der Waals surface area (Å²) in [4.78, 5) is 0. The first-order chi connectivity index (χ1) is 7.30. The zero-order chi connectivity index (χ0) is 12.3. The van der Waals surface area contributed by atoms with E-state index in [1.807, 2.05) is 25.1 Å². The van der Waals surface area contributed by atoms with Gasteiger partial charge in [-0.25, -0.2) is 0 Å². The van der Waals surface area contributed by atoms with E-state index in [0.29, 0.717) is 0 Å². The summed E-state index contributed by atoms with van der Waals surface area (Å²) in [6.07, 6.45) is 0. The van der Waals surface area contributed by atoms with Gasteiger partial charge in [-0.15, -0.1) is 0 Å². The standard InChI is InChI=1S/C10H9BrCl3NO/c1-6-4-7(2-3-8(6)11)5-16-9(15)10(12,13)14/h2-4,15H,5H2,1H3. The number of halogens is 4. The van der Waals surface area contributed by atoms with Gasteiger partial charge in [0.05, 0.1) is 0 Å². The molecule has 6 heteroatoms. The third-order valence-corrected chi connectivity index (χ3v) is 3.27. The lowest BCUT2D eigenvalue weighted by Gasteiger charge is -2.13. The van der Waals surface area contributed by atoms with Crippen molar-refractivity contribution in [3.63, 3.8) is 0 Å². The van der Waals surface area contributed by atoms with Gasteiger partial charge < -0.3 is 4.74 Å². The molecule has 1 N–H and O–H groups in total. The fourth-order valence-electron chi connectivity index (χ4n) is 1.03. The molecule has 0 heterocycles. The van der Waals surface area contributed by atoms with Gasteiger partial charge in [0.2, 0.25) is 5.90 Å². The molecule has 0 radical (unpaired) electrons. The van der Waals surface area contributed by atoms with E-state index >= 15 is 0 Å². The lowest BCUT2D eigenvalue weighted by atomic mass is 10.1.